The maximum Gasteiger partial charge on any atom is 0.236 e. The zero-order valence-corrected chi connectivity index (χ0v) is 10.2. The van der Waals surface area contributed by atoms with Gasteiger partial charge in [-0.05, 0) is 32.1 Å². The van der Waals surface area contributed by atoms with Crippen molar-refractivity contribution in [3.05, 3.63) is 0 Å². The van der Waals surface area contributed by atoms with Gasteiger partial charge >= 0.3 is 0 Å². The Morgan fingerprint density at radius 1 is 1.56 bits per heavy atom. The molecule has 0 aromatic rings. The van der Waals surface area contributed by atoms with E-state index in [4.69, 9.17) is 10.5 Å². The van der Waals surface area contributed by atoms with Crippen LogP contribution >= 0.6 is 0 Å². The molecule has 1 rings (SSSR count). The van der Waals surface area contributed by atoms with Gasteiger partial charge in [-0.15, -0.1) is 0 Å². The molecule has 0 aliphatic carbocycles. The summed E-state index contributed by atoms with van der Waals surface area (Å²) in [6.07, 6.45) is 6.47. The Morgan fingerprint density at radius 2 is 2.38 bits per heavy atom. The first kappa shape index (κ1) is 13.5. The van der Waals surface area contributed by atoms with Crippen molar-refractivity contribution in [1.29, 1.82) is 0 Å². The first-order chi connectivity index (χ1) is 7.74. The molecule has 0 saturated carbocycles. The molecule has 0 bridgehead atoms. The van der Waals surface area contributed by atoms with Crippen LogP contribution in [0, 0.1) is 0 Å². The van der Waals surface area contributed by atoms with E-state index >= 15 is 0 Å². The van der Waals surface area contributed by atoms with E-state index < -0.39 is 0 Å². The highest BCUT2D eigenvalue weighted by molar-refractivity contribution is 5.81. The normalized spacial score (nSPS) is 22.8. The van der Waals surface area contributed by atoms with Gasteiger partial charge in [0.2, 0.25) is 5.91 Å². The Hall–Kier alpha value is -0.610. The minimum absolute atomic E-state index is 0.0299. The molecule has 0 aromatic heterocycles. The molecule has 0 aromatic carbocycles. The molecule has 1 heterocycles. The molecule has 0 radical (unpaired) electrons. The lowest BCUT2D eigenvalue weighted by Crippen LogP contribution is -2.41. The van der Waals surface area contributed by atoms with Gasteiger partial charge in [-0.3, -0.25) is 4.79 Å². The van der Waals surface area contributed by atoms with E-state index in [0.29, 0.717) is 12.6 Å². The summed E-state index contributed by atoms with van der Waals surface area (Å²) in [4.78, 5) is 11.5. The van der Waals surface area contributed by atoms with Crippen LogP contribution in [0.15, 0.2) is 0 Å². The summed E-state index contributed by atoms with van der Waals surface area (Å²) in [7, 11) is 0. The summed E-state index contributed by atoms with van der Waals surface area (Å²) in [5.41, 5.74) is 5.70. The Bertz CT molecular complexity index is 203. The van der Waals surface area contributed by atoms with Crippen molar-refractivity contribution in [1.82, 2.24) is 5.32 Å². The Labute approximate surface area is 97.9 Å². The molecule has 1 aliphatic rings. The molecule has 94 valence electrons. The lowest BCUT2D eigenvalue weighted by atomic mass is 10.1. The van der Waals surface area contributed by atoms with Gasteiger partial charge in [0.05, 0.1) is 12.1 Å². The molecule has 1 aliphatic heterocycles. The third-order valence-electron chi connectivity index (χ3n) is 2.98. The number of hydrogen-bond donors (Lipinski definition) is 2. The first-order valence-corrected chi connectivity index (χ1v) is 6.39. The summed E-state index contributed by atoms with van der Waals surface area (Å²) >= 11 is 0. The van der Waals surface area contributed by atoms with Crippen molar-refractivity contribution in [2.75, 3.05) is 13.2 Å². The summed E-state index contributed by atoms with van der Waals surface area (Å²) < 4.78 is 5.59. The number of nitrogens with two attached hydrogens (primary N) is 1. The van der Waals surface area contributed by atoms with Gasteiger partial charge in [0, 0.05) is 13.2 Å². The SMILES string of the molecule is CCCC(N)C(=O)NCCC1CCCCO1. The molecule has 1 saturated heterocycles. The van der Waals surface area contributed by atoms with E-state index in [1.807, 2.05) is 6.92 Å². The topological polar surface area (TPSA) is 64.4 Å². The van der Waals surface area contributed by atoms with Crippen LogP contribution in [0.5, 0.6) is 0 Å². The number of carbonyl (C=O) groups excluding carboxylic acids is 1. The number of rotatable bonds is 6. The van der Waals surface area contributed by atoms with E-state index in [2.05, 4.69) is 5.32 Å². The van der Waals surface area contributed by atoms with E-state index in [9.17, 15) is 4.79 Å². The van der Waals surface area contributed by atoms with Crippen molar-refractivity contribution in [3.63, 3.8) is 0 Å². The second kappa shape index (κ2) is 7.63. The molecule has 4 heteroatoms. The van der Waals surface area contributed by atoms with Crippen molar-refractivity contribution in [2.24, 2.45) is 5.73 Å². The second-order valence-corrected chi connectivity index (χ2v) is 4.46. The summed E-state index contributed by atoms with van der Waals surface area (Å²) in [5, 5.41) is 2.87. The lowest BCUT2D eigenvalue weighted by Gasteiger charge is -2.22. The van der Waals surface area contributed by atoms with E-state index in [-0.39, 0.29) is 11.9 Å². The van der Waals surface area contributed by atoms with Gasteiger partial charge in [-0.1, -0.05) is 13.3 Å². The van der Waals surface area contributed by atoms with Crippen LogP contribution in [-0.4, -0.2) is 31.2 Å². The molecule has 4 nitrogen and oxygen atoms in total. The molecule has 1 fully saturated rings. The number of nitrogens with one attached hydrogen (secondary N) is 1. The molecular formula is C12H24N2O2. The smallest absolute Gasteiger partial charge is 0.236 e. The molecule has 1 amide bonds. The van der Waals surface area contributed by atoms with Gasteiger partial charge in [0.1, 0.15) is 0 Å². The van der Waals surface area contributed by atoms with Crippen LogP contribution in [0.2, 0.25) is 0 Å². The fourth-order valence-corrected chi connectivity index (χ4v) is 1.96. The van der Waals surface area contributed by atoms with Crippen LogP contribution in [0.4, 0.5) is 0 Å². The highest BCUT2D eigenvalue weighted by Gasteiger charge is 2.15. The van der Waals surface area contributed by atoms with Crippen LogP contribution in [0.1, 0.15) is 45.4 Å². The van der Waals surface area contributed by atoms with Crippen molar-refractivity contribution in [2.45, 2.75) is 57.6 Å². The average molecular weight is 228 g/mol. The van der Waals surface area contributed by atoms with Gasteiger partial charge < -0.3 is 15.8 Å². The Morgan fingerprint density at radius 3 is 3.00 bits per heavy atom. The zero-order chi connectivity index (χ0) is 11.8. The number of hydrogen-bond acceptors (Lipinski definition) is 3. The molecule has 2 atom stereocenters. The predicted octanol–water partition coefficient (Wildman–Crippen LogP) is 1.19. The monoisotopic (exact) mass is 228 g/mol. The lowest BCUT2D eigenvalue weighted by molar-refractivity contribution is -0.122. The summed E-state index contributed by atoms with van der Waals surface area (Å²) in [6, 6.07) is -0.350. The average Bonchev–Trinajstić information content (AvgIpc) is 2.30. The van der Waals surface area contributed by atoms with Gasteiger partial charge in [-0.25, -0.2) is 0 Å². The fourth-order valence-electron chi connectivity index (χ4n) is 1.96. The number of ether oxygens (including phenoxy) is 1. The van der Waals surface area contributed by atoms with Crippen molar-refractivity contribution < 1.29 is 9.53 Å². The fraction of sp³-hybridized carbons (Fsp3) is 0.917. The van der Waals surface area contributed by atoms with Crippen LogP contribution in [0.3, 0.4) is 0 Å². The van der Waals surface area contributed by atoms with Crippen LogP contribution < -0.4 is 11.1 Å². The maximum absolute atomic E-state index is 11.5. The largest absolute Gasteiger partial charge is 0.378 e. The highest BCUT2D eigenvalue weighted by Crippen LogP contribution is 2.14. The van der Waals surface area contributed by atoms with Gasteiger partial charge in [-0.2, -0.15) is 0 Å². The Balaban J connectivity index is 2.07. The number of carbonyl (C=O) groups is 1. The van der Waals surface area contributed by atoms with Gasteiger partial charge in [0.25, 0.3) is 0 Å². The van der Waals surface area contributed by atoms with E-state index in [1.54, 1.807) is 0 Å². The van der Waals surface area contributed by atoms with Crippen LogP contribution in [-0.2, 0) is 9.53 Å². The van der Waals surface area contributed by atoms with Gasteiger partial charge in [0.15, 0.2) is 0 Å². The Kier molecular flexibility index (Phi) is 6.42. The highest BCUT2D eigenvalue weighted by atomic mass is 16.5. The first-order valence-electron chi connectivity index (χ1n) is 6.39. The zero-order valence-electron chi connectivity index (χ0n) is 10.2. The second-order valence-electron chi connectivity index (χ2n) is 4.46. The minimum atomic E-state index is -0.350. The molecule has 3 N–H and O–H groups in total. The van der Waals surface area contributed by atoms with E-state index in [1.165, 1.54) is 12.8 Å². The third kappa shape index (κ3) is 4.94. The molecular weight excluding hydrogens is 204 g/mol. The molecule has 0 spiro atoms. The minimum Gasteiger partial charge on any atom is -0.378 e. The maximum atomic E-state index is 11.5. The van der Waals surface area contributed by atoms with E-state index in [0.717, 1.165) is 32.3 Å². The van der Waals surface area contributed by atoms with Crippen molar-refractivity contribution >= 4 is 5.91 Å². The summed E-state index contributed by atoms with van der Waals surface area (Å²) in [5.74, 6) is -0.0299. The van der Waals surface area contributed by atoms with Crippen LogP contribution in [0.25, 0.3) is 0 Å². The standard InChI is InChI=1S/C12H24N2O2/c1-2-5-11(13)12(15)14-8-7-10-6-3-4-9-16-10/h10-11H,2-9,13H2,1H3,(H,14,15). The quantitative estimate of drug-likeness (QED) is 0.717. The van der Waals surface area contributed by atoms with Crippen molar-refractivity contribution in [3.8, 4) is 0 Å². The predicted molar refractivity (Wildman–Crippen MR) is 64.1 cm³/mol. The molecule has 16 heavy (non-hydrogen) atoms. The molecule has 2 unspecified atom stereocenters. The third-order valence-corrected chi connectivity index (χ3v) is 2.98. The summed E-state index contributed by atoms with van der Waals surface area (Å²) in [6.45, 7) is 3.58. The number of amides is 1.